The average Bonchev–Trinajstić information content (AvgIpc) is 2.61. The lowest BCUT2D eigenvalue weighted by Gasteiger charge is -2.26. The first kappa shape index (κ1) is 19.5. The van der Waals surface area contributed by atoms with Crippen LogP contribution in [0.15, 0.2) is 48.7 Å². The fourth-order valence-corrected chi connectivity index (χ4v) is 3.64. The van der Waals surface area contributed by atoms with Gasteiger partial charge in [-0.1, -0.05) is 30.3 Å². The molecule has 0 radical (unpaired) electrons. The van der Waals surface area contributed by atoms with Crippen LogP contribution in [0.25, 0.3) is 0 Å². The van der Waals surface area contributed by atoms with Gasteiger partial charge < -0.3 is 13.8 Å². The van der Waals surface area contributed by atoms with Gasteiger partial charge in [0.05, 0.1) is 13.2 Å². The Morgan fingerprint density at radius 2 is 1.72 bits per heavy atom. The predicted octanol–water partition coefficient (Wildman–Crippen LogP) is 4.98. The van der Waals surface area contributed by atoms with E-state index in [1.165, 1.54) is 20.0 Å². The monoisotopic (exact) mass is 371 g/mol. The topological polar surface area (TPSA) is 57.7 Å². The van der Waals surface area contributed by atoms with Gasteiger partial charge >= 0.3 is 13.3 Å². The van der Waals surface area contributed by atoms with Crippen molar-refractivity contribution in [1.82, 2.24) is 4.98 Å². The Balaban J connectivity index is 2.22. The minimum Gasteiger partial charge on any atom is -0.473 e. The number of aromatic nitrogens is 1. The smallest absolute Gasteiger partial charge is 0.404 e. The van der Waals surface area contributed by atoms with Crippen LogP contribution in [0.4, 0.5) is 8.78 Å². The highest BCUT2D eigenvalue weighted by Crippen LogP contribution is 2.66. The van der Waals surface area contributed by atoms with Crippen molar-refractivity contribution in [1.29, 1.82) is 0 Å². The molecular formula is C17H20F2NO4P. The molecule has 136 valence electrons. The summed E-state index contributed by atoms with van der Waals surface area (Å²) in [6.45, 7) is 2.81. The Hall–Kier alpha value is -1.82. The quantitative estimate of drug-likeness (QED) is 0.582. The molecule has 1 aromatic heterocycles. The first-order chi connectivity index (χ1) is 11.9. The first-order valence-corrected chi connectivity index (χ1v) is 9.37. The molecule has 0 fully saturated rings. The summed E-state index contributed by atoms with van der Waals surface area (Å²) in [5, 5.41) is 0. The molecule has 5 nitrogen and oxygen atoms in total. The Labute approximate surface area is 145 Å². The molecule has 0 saturated carbocycles. The number of rotatable bonds is 9. The van der Waals surface area contributed by atoms with E-state index in [4.69, 9.17) is 13.8 Å². The van der Waals surface area contributed by atoms with Crippen molar-refractivity contribution < 1.29 is 27.1 Å². The lowest BCUT2D eigenvalue weighted by Crippen LogP contribution is -2.18. The van der Waals surface area contributed by atoms with Crippen molar-refractivity contribution in [3.8, 4) is 5.88 Å². The summed E-state index contributed by atoms with van der Waals surface area (Å²) in [4.78, 5) is 3.92. The fraction of sp³-hybridized carbons (Fsp3) is 0.353. The van der Waals surface area contributed by atoms with Crippen LogP contribution < -0.4 is 4.74 Å². The second-order valence-corrected chi connectivity index (χ2v) is 7.10. The highest BCUT2D eigenvalue weighted by molar-refractivity contribution is 7.54. The minimum absolute atomic E-state index is 0.000532. The Morgan fingerprint density at radius 3 is 2.32 bits per heavy atom. The van der Waals surface area contributed by atoms with E-state index in [1.54, 1.807) is 0 Å². The summed E-state index contributed by atoms with van der Waals surface area (Å²) in [7, 11) is -4.66. The number of halogens is 2. The molecule has 1 heterocycles. The molecule has 0 aliphatic carbocycles. The lowest BCUT2D eigenvalue weighted by molar-refractivity contribution is 0.0357. The van der Waals surface area contributed by atoms with Gasteiger partial charge in [-0.05, 0) is 25.5 Å². The van der Waals surface area contributed by atoms with Gasteiger partial charge in [0, 0.05) is 17.8 Å². The van der Waals surface area contributed by atoms with E-state index < -0.39 is 18.8 Å². The van der Waals surface area contributed by atoms with Crippen molar-refractivity contribution in [2.45, 2.75) is 26.1 Å². The maximum atomic E-state index is 14.7. The fourth-order valence-electron chi connectivity index (χ4n) is 2.10. The Morgan fingerprint density at radius 1 is 1.08 bits per heavy atom. The normalized spacial score (nSPS) is 12.2. The number of benzene rings is 1. The van der Waals surface area contributed by atoms with Crippen molar-refractivity contribution in [3.63, 3.8) is 0 Å². The van der Waals surface area contributed by atoms with E-state index in [-0.39, 0.29) is 25.7 Å². The average molecular weight is 371 g/mol. The van der Waals surface area contributed by atoms with Gasteiger partial charge in [0.15, 0.2) is 0 Å². The SMILES string of the molecule is CCOP(=O)(OCC)C(F)(F)c1ccnc(OCc2ccccc2)c1. The second-order valence-electron chi connectivity index (χ2n) is 5.03. The first-order valence-electron chi connectivity index (χ1n) is 7.83. The molecule has 0 aliphatic rings. The third-order valence-electron chi connectivity index (χ3n) is 3.25. The number of nitrogens with zero attached hydrogens (tertiary/aromatic N) is 1. The molecule has 0 unspecified atom stereocenters. The minimum atomic E-state index is -4.66. The molecule has 2 aromatic rings. The Bertz CT molecular complexity index is 718. The summed E-state index contributed by atoms with van der Waals surface area (Å²) in [5.74, 6) is 0.000532. The van der Waals surface area contributed by atoms with Gasteiger partial charge in [-0.25, -0.2) is 4.98 Å². The van der Waals surface area contributed by atoms with Crippen LogP contribution in [0.1, 0.15) is 25.0 Å². The molecule has 25 heavy (non-hydrogen) atoms. The molecular weight excluding hydrogens is 351 g/mol. The van der Waals surface area contributed by atoms with Crippen molar-refractivity contribution in [2.75, 3.05) is 13.2 Å². The van der Waals surface area contributed by atoms with Crippen molar-refractivity contribution in [3.05, 3.63) is 59.8 Å². The molecule has 0 amide bonds. The molecule has 0 bridgehead atoms. The number of hydrogen-bond acceptors (Lipinski definition) is 5. The zero-order chi connectivity index (χ0) is 18.3. The van der Waals surface area contributed by atoms with Gasteiger partial charge in [-0.15, -0.1) is 0 Å². The van der Waals surface area contributed by atoms with E-state index in [9.17, 15) is 13.3 Å². The van der Waals surface area contributed by atoms with Gasteiger partial charge in [-0.3, -0.25) is 4.57 Å². The molecule has 0 aliphatic heterocycles. The van der Waals surface area contributed by atoms with E-state index in [0.717, 1.165) is 17.7 Å². The highest BCUT2D eigenvalue weighted by atomic mass is 31.2. The second kappa shape index (κ2) is 8.52. The van der Waals surface area contributed by atoms with E-state index >= 15 is 0 Å². The number of ether oxygens (including phenoxy) is 1. The zero-order valence-corrected chi connectivity index (χ0v) is 14.9. The maximum Gasteiger partial charge on any atom is 0.404 e. The summed E-state index contributed by atoms with van der Waals surface area (Å²) >= 11 is 0. The van der Waals surface area contributed by atoms with Crippen LogP contribution in [-0.4, -0.2) is 18.2 Å². The number of alkyl halides is 2. The summed E-state index contributed by atoms with van der Waals surface area (Å²) in [5.41, 5.74) is -3.47. The van der Waals surface area contributed by atoms with Crippen LogP contribution in [-0.2, 0) is 25.9 Å². The number of hydrogen-bond donors (Lipinski definition) is 0. The highest BCUT2D eigenvalue weighted by Gasteiger charge is 2.55. The molecule has 0 N–H and O–H groups in total. The van der Waals surface area contributed by atoms with Crippen LogP contribution in [0.3, 0.4) is 0 Å². The van der Waals surface area contributed by atoms with Gasteiger partial charge in [0.2, 0.25) is 5.88 Å². The van der Waals surface area contributed by atoms with Crippen molar-refractivity contribution >= 4 is 7.60 Å². The molecule has 1 aromatic carbocycles. The van der Waals surface area contributed by atoms with Gasteiger partial charge in [0.1, 0.15) is 6.61 Å². The zero-order valence-electron chi connectivity index (χ0n) is 14.0. The van der Waals surface area contributed by atoms with Crippen LogP contribution in [0, 0.1) is 0 Å². The summed E-state index contributed by atoms with van der Waals surface area (Å²) in [6, 6.07) is 11.4. The lowest BCUT2D eigenvalue weighted by atomic mass is 10.2. The third-order valence-corrected chi connectivity index (χ3v) is 5.40. The van der Waals surface area contributed by atoms with E-state index in [0.29, 0.717) is 0 Å². The molecule has 0 atom stereocenters. The Kier molecular flexibility index (Phi) is 6.64. The number of pyridine rings is 1. The largest absolute Gasteiger partial charge is 0.473 e. The molecule has 0 saturated heterocycles. The van der Waals surface area contributed by atoms with Crippen LogP contribution in [0.2, 0.25) is 0 Å². The summed E-state index contributed by atoms with van der Waals surface area (Å²) < 4.78 is 56.9. The van der Waals surface area contributed by atoms with E-state index in [1.807, 2.05) is 30.3 Å². The van der Waals surface area contributed by atoms with Crippen molar-refractivity contribution in [2.24, 2.45) is 0 Å². The molecule has 2 rings (SSSR count). The van der Waals surface area contributed by atoms with Crippen LogP contribution in [0.5, 0.6) is 5.88 Å². The standard InChI is InChI=1S/C17H20F2NO4P/c1-3-23-25(21,24-4-2)17(18,19)15-10-11-20-16(12-15)22-13-14-8-6-5-7-9-14/h5-12H,3-4,13H2,1-2H3. The molecule has 0 spiro atoms. The van der Waals surface area contributed by atoms with Crippen LogP contribution >= 0.6 is 7.60 Å². The predicted molar refractivity (Wildman–Crippen MR) is 89.8 cm³/mol. The van der Waals surface area contributed by atoms with Gasteiger partial charge in [-0.2, -0.15) is 8.78 Å². The third kappa shape index (κ3) is 4.63. The maximum absolute atomic E-state index is 14.7. The van der Waals surface area contributed by atoms with Gasteiger partial charge in [0.25, 0.3) is 0 Å². The summed E-state index contributed by atoms with van der Waals surface area (Å²) in [6.07, 6.45) is 1.17. The molecule has 8 heteroatoms. The van der Waals surface area contributed by atoms with E-state index in [2.05, 4.69) is 4.98 Å².